The number of hydrogen-bond acceptors (Lipinski definition) is 1. The minimum Gasteiger partial charge on any atom is -0.174 e. The Kier molecular flexibility index (Phi) is 2.15. The van der Waals surface area contributed by atoms with Crippen LogP contribution in [-0.2, 0) is 11.8 Å². The first kappa shape index (κ1) is 6.82. The van der Waals surface area contributed by atoms with Crippen LogP contribution in [0.25, 0.3) is 10.4 Å². The Balaban J connectivity index is 4.10. The molecule has 0 amide bonds. The van der Waals surface area contributed by atoms with Crippen LogP contribution in [0.1, 0.15) is 0 Å². The van der Waals surface area contributed by atoms with Gasteiger partial charge in [-0.1, -0.05) is 0 Å². The van der Waals surface area contributed by atoms with Gasteiger partial charge in [-0.25, -0.2) is 0 Å². The molecule has 0 aromatic rings. The molecule has 0 fully saturated rings. The highest BCUT2D eigenvalue weighted by Crippen LogP contribution is 2.51. The lowest BCUT2D eigenvalue weighted by atomic mass is 13.0. The van der Waals surface area contributed by atoms with Crippen molar-refractivity contribution in [1.82, 2.24) is 0 Å². The van der Waals surface area contributed by atoms with Crippen molar-refractivity contribution in [1.29, 1.82) is 0 Å². The number of azide groups is 1. The molecule has 3 nitrogen and oxygen atoms in total. The van der Waals surface area contributed by atoms with Gasteiger partial charge < -0.3 is 0 Å². The quantitative estimate of drug-likeness (QED) is 0.240. The lowest BCUT2D eigenvalue weighted by Crippen LogP contribution is -1.40. The fourth-order valence-corrected chi connectivity index (χ4v) is 0.238. The van der Waals surface area contributed by atoms with Gasteiger partial charge in [0.1, 0.15) is 0 Å². The van der Waals surface area contributed by atoms with Crippen molar-refractivity contribution in [3.8, 4) is 0 Å². The van der Waals surface area contributed by atoms with Gasteiger partial charge in [0.05, 0.1) is 0 Å². The average molecular weight is 143 g/mol. The molecule has 0 aromatic carbocycles. The molecule has 0 aliphatic rings. The van der Waals surface area contributed by atoms with Gasteiger partial charge in [-0.15, -0.1) is 0 Å². The molecule has 0 aromatic heterocycles. The smallest absolute Gasteiger partial charge is 0.174 e. The molecule has 0 aliphatic heterocycles. The molecule has 0 bridgehead atoms. The molecule has 0 unspecified atom stereocenters. The van der Waals surface area contributed by atoms with Gasteiger partial charge in [0, 0.05) is 9.80 Å². The minimum atomic E-state index is -4.62. The van der Waals surface area contributed by atoms with Crippen LogP contribution < -0.4 is 0 Å². The highest BCUT2D eigenvalue weighted by molar-refractivity contribution is 8.08. The Bertz CT molecular complexity index is 141. The second kappa shape index (κ2) is 2.21. The van der Waals surface area contributed by atoms with Crippen LogP contribution in [0.2, 0.25) is 0 Å². The van der Waals surface area contributed by atoms with Gasteiger partial charge >= 0.3 is 6.81 Å². The zero-order valence-corrected chi connectivity index (χ0v) is 4.66. The first-order valence-electron chi connectivity index (χ1n) is 1.12. The second-order valence-corrected chi connectivity index (χ2v) is 2.98. The predicted octanol–water partition coefficient (Wildman–Crippen LogP) is 2.46. The van der Waals surface area contributed by atoms with E-state index in [9.17, 15) is 8.39 Å². The van der Waals surface area contributed by atoms with Crippen LogP contribution in [0.5, 0.6) is 0 Å². The highest BCUT2D eigenvalue weighted by Gasteiger charge is 2.06. The molecule has 0 saturated heterocycles. The van der Waals surface area contributed by atoms with Gasteiger partial charge in [0.2, 0.25) is 0 Å². The second-order valence-electron chi connectivity index (χ2n) is 0.614. The molecule has 0 N–H and O–H groups in total. The van der Waals surface area contributed by atoms with Crippen molar-refractivity contribution in [2.45, 2.75) is 0 Å². The number of halogens is 2. The van der Waals surface area contributed by atoms with Crippen molar-refractivity contribution >= 4 is 18.6 Å². The van der Waals surface area contributed by atoms with Crippen molar-refractivity contribution in [2.75, 3.05) is 0 Å². The molecule has 0 rings (SSSR count). The third-order valence-electron chi connectivity index (χ3n) is 0.144. The Hall–Kier alpha value is -0.180. The van der Waals surface area contributed by atoms with Crippen molar-refractivity contribution in [2.24, 2.45) is 4.88 Å². The molecule has 40 valence electrons. The summed E-state index contributed by atoms with van der Waals surface area (Å²) in [6.45, 7) is -4.62. The van der Waals surface area contributed by atoms with E-state index in [4.69, 9.17) is 5.53 Å². The van der Waals surface area contributed by atoms with E-state index in [0.29, 0.717) is 0 Å². The lowest BCUT2D eigenvalue weighted by molar-refractivity contribution is 0.741. The van der Waals surface area contributed by atoms with E-state index in [1.165, 1.54) is 0 Å². The summed E-state index contributed by atoms with van der Waals surface area (Å²) in [5, 5.41) is 0. The minimum absolute atomic E-state index is 1.83. The summed E-state index contributed by atoms with van der Waals surface area (Å²) in [5.74, 6) is 0. The molecule has 0 spiro atoms. The van der Waals surface area contributed by atoms with E-state index >= 15 is 0 Å². The molecule has 0 aliphatic carbocycles. The number of nitrogens with zero attached hydrogens (tertiary/aromatic N) is 3. The van der Waals surface area contributed by atoms with Gasteiger partial charge in [0.25, 0.3) is 0 Å². The summed E-state index contributed by atoms with van der Waals surface area (Å²) in [5.41, 5.74) is 7.34. The predicted molar refractivity (Wildman–Crippen MR) is 25.6 cm³/mol. The third-order valence-corrected chi connectivity index (χ3v) is 0.651. The molecule has 0 heterocycles. The zero-order valence-electron chi connectivity index (χ0n) is 2.95. The van der Waals surface area contributed by atoms with Gasteiger partial charge in [-0.3, -0.25) is 0 Å². The summed E-state index contributed by atoms with van der Waals surface area (Å²) >= 11 is 3.44. The van der Waals surface area contributed by atoms with Crippen LogP contribution in [0.15, 0.2) is 4.88 Å². The maximum atomic E-state index is 11.2. The van der Waals surface area contributed by atoms with Crippen LogP contribution in [0, 0.1) is 0 Å². The van der Waals surface area contributed by atoms with Crippen LogP contribution in [0.4, 0.5) is 8.39 Å². The van der Waals surface area contributed by atoms with Crippen molar-refractivity contribution in [3.05, 3.63) is 10.4 Å². The molecule has 0 atom stereocenters. The number of rotatable bonds is 1. The Labute approximate surface area is 43.3 Å². The maximum Gasteiger partial charge on any atom is 0.357 e. The fourth-order valence-electron chi connectivity index (χ4n) is 0.0466. The van der Waals surface area contributed by atoms with E-state index < -0.39 is 6.81 Å². The van der Waals surface area contributed by atoms with Gasteiger partial charge in [-0.2, -0.15) is 8.39 Å². The van der Waals surface area contributed by atoms with Crippen LogP contribution >= 0.6 is 6.81 Å². The molecular formula is F2N3PS. The normalized spacial score (nSPS) is 10.0. The highest BCUT2D eigenvalue weighted by atomic mass is 32.5. The SMILES string of the molecule is [N-]=[N+]=NP(F)(F)=S. The zero-order chi connectivity index (χ0) is 5.91. The number of hydrogen-bond donors (Lipinski definition) is 0. The summed E-state index contributed by atoms with van der Waals surface area (Å²) < 4.78 is 22.5. The van der Waals surface area contributed by atoms with Crippen molar-refractivity contribution < 1.29 is 8.39 Å². The molecule has 7 heteroatoms. The van der Waals surface area contributed by atoms with E-state index in [0.717, 1.165) is 0 Å². The fraction of sp³-hybridized carbons (Fsp3) is 0. The third kappa shape index (κ3) is 5.82. The summed E-state index contributed by atoms with van der Waals surface area (Å²) in [6.07, 6.45) is 0. The Morgan fingerprint density at radius 2 is 2.14 bits per heavy atom. The van der Waals surface area contributed by atoms with E-state index in [1.807, 2.05) is 9.80 Å². The average Bonchev–Trinajstić information content (AvgIpc) is 1.30. The summed E-state index contributed by atoms with van der Waals surface area (Å²) in [6, 6.07) is 0. The molecular weight excluding hydrogens is 143 g/mol. The van der Waals surface area contributed by atoms with Crippen molar-refractivity contribution in [3.63, 3.8) is 0 Å². The first-order chi connectivity index (χ1) is 3.06. The van der Waals surface area contributed by atoms with E-state index in [2.05, 4.69) is 11.8 Å². The summed E-state index contributed by atoms with van der Waals surface area (Å²) in [4.78, 5) is 3.86. The first-order valence-corrected chi connectivity index (χ1v) is 3.66. The van der Waals surface area contributed by atoms with E-state index in [1.54, 1.807) is 0 Å². The monoisotopic (exact) mass is 143 g/mol. The van der Waals surface area contributed by atoms with E-state index in [-0.39, 0.29) is 0 Å². The maximum absolute atomic E-state index is 11.2. The Morgan fingerprint density at radius 3 is 2.14 bits per heavy atom. The van der Waals surface area contributed by atoms with Crippen LogP contribution in [-0.4, -0.2) is 0 Å². The molecule has 0 radical (unpaired) electrons. The topological polar surface area (TPSA) is 48.8 Å². The molecule has 0 saturated carbocycles. The van der Waals surface area contributed by atoms with Gasteiger partial charge in [-0.05, 0) is 17.3 Å². The largest absolute Gasteiger partial charge is 0.357 e. The lowest BCUT2D eigenvalue weighted by Gasteiger charge is -1.81. The van der Waals surface area contributed by atoms with Gasteiger partial charge in [0.15, 0.2) is 0 Å². The summed E-state index contributed by atoms with van der Waals surface area (Å²) in [7, 11) is 0. The standard InChI is InChI=1S/F2N3PS/c1-6(2,7)5-4-3. The molecule has 7 heavy (non-hydrogen) atoms. The Morgan fingerprint density at radius 1 is 1.71 bits per heavy atom. The van der Waals surface area contributed by atoms with Crippen LogP contribution in [0.3, 0.4) is 0 Å².